The van der Waals surface area contributed by atoms with Gasteiger partial charge in [0, 0.05) is 18.7 Å². The summed E-state index contributed by atoms with van der Waals surface area (Å²) >= 11 is 0. The molecule has 0 N–H and O–H groups in total. The summed E-state index contributed by atoms with van der Waals surface area (Å²) in [6.07, 6.45) is 0.698. The predicted molar refractivity (Wildman–Crippen MR) is 61.8 cm³/mol. The number of carbonyl (C=O) groups excluding carboxylic acids is 1. The van der Waals surface area contributed by atoms with Crippen molar-refractivity contribution in [3.8, 4) is 0 Å². The molecule has 18 heavy (non-hydrogen) atoms. The maximum atomic E-state index is 13.5. The van der Waals surface area contributed by atoms with Crippen molar-refractivity contribution < 1.29 is 18.3 Å². The van der Waals surface area contributed by atoms with Crippen molar-refractivity contribution in [1.82, 2.24) is 4.90 Å². The highest BCUT2D eigenvalue weighted by Crippen LogP contribution is 2.21. The monoisotopic (exact) mass is 255 g/mol. The number of rotatable bonds is 3. The van der Waals surface area contributed by atoms with Crippen molar-refractivity contribution in [2.75, 3.05) is 20.2 Å². The molecule has 1 heterocycles. The lowest BCUT2D eigenvalue weighted by molar-refractivity contribution is -0.144. The quantitative estimate of drug-likeness (QED) is 0.773. The van der Waals surface area contributed by atoms with E-state index < -0.39 is 11.6 Å². The van der Waals surface area contributed by atoms with E-state index in [1.807, 2.05) is 4.90 Å². The summed E-state index contributed by atoms with van der Waals surface area (Å²) in [5, 5.41) is 0. The van der Waals surface area contributed by atoms with E-state index in [1.54, 1.807) is 0 Å². The number of hydrogen-bond donors (Lipinski definition) is 0. The molecule has 0 aliphatic carbocycles. The predicted octanol–water partition coefficient (Wildman–Crippen LogP) is 1.96. The van der Waals surface area contributed by atoms with Crippen molar-refractivity contribution in [2.45, 2.75) is 13.0 Å². The summed E-state index contributed by atoms with van der Waals surface area (Å²) in [6, 6.07) is 3.42. The SMILES string of the molecule is COC(=O)C1CCN(Cc2cc(F)ccc2F)C1. The van der Waals surface area contributed by atoms with Gasteiger partial charge in [0.05, 0.1) is 13.0 Å². The van der Waals surface area contributed by atoms with E-state index >= 15 is 0 Å². The van der Waals surface area contributed by atoms with Gasteiger partial charge in [0.2, 0.25) is 0 Å². The van der Waals surface area contributed by atoms with Crippen LogP contribution in [0, 0.1) is 17.6 Å². The number of esters is 1. The number of benzene rings is 1. The lowest BCUT2D eigenvalue weighted by Gasteiger charge is -2.16. The number of methoxy groups -OCH3 is 1. The van der Waals surface area contributed by atoms with Crippen LogP contribution in [0.1, 0.15) is 12.0 Å². The minimum atomic E-state index is -0.449. The molecule has 1 aliphatic rings. The van der Waals surface area contributed by atoms with Gasteiger partial charge in [0.25, 0.3) is 0 Å². The fourth-order valence-corrected chi connectivity index (χ4v) is 2.24. The van der Waals surface area contributed by atoms with Crippen molar-refractivity contribution in [3.05, 3.63) is 35.4 Å². The van der Waals surface area contributed by atoms with E-state index in [1.165, 1.54) is 13.2 Å². The molecule has 0 spiro atoms. The van der Waals surface area contributed by atoms with Crippen LogP contribution < -0.4 is 0 Å². The molecule has 1 saturated heterocycles. The van der Waals surface area contributed by atoms with Gasteiger partial charge in [-0.05, 0) is 31.2 Å². The largest absolute Gasteiger partial charge is 0.469 e. The van der Waals surface area contributed by atoms with Gasteiger partial charge in [-0.3, -0.25) is 9.69 Å². The highest BCUT2D eigenvalue weighted by molar-refractivity contribution is 5.72. The Morgan fingerprint density at radius 3 is 3.00 bits per heavy atom. The molecule has 0 amide bonds. The fraction of sp³-hybridized carbons (Fsp3) is 0.462. The average molecular weight is 255 g/mol. The normalized spacial score (nSPS) is 20.1. The van der Waals surface area contributed by atoms with Gasteiger partial charge in [0.1, 0.15) is 11.6 Å². The molecule has 1 aliphatic heterocycles. The zero-order valence-electron chi connectivity index (χ0n) is 10.2. The summed E-state index contributed by atoms with van der Waals surface area (Å²) < 4.78 is 31.2. The van der Waals surface area contributed by atoms with Crippen molar-refractivity contribution in [1.29, 1.82) is 0 Å². The second kappa shape index (κ2) is 5.44. The van der Waals surface area contributed by atoms with Crippen molar-refractivity contribution >= 4 is 5.97 Å². The molecule has 0 bridgehead atoms. The molecule has 1 fully saturated rings. The lowest BCUT2D eigenvalue weighted by atomic mass is 10.1. The van der Waals surface area contributed by atoms with Crippen LogP contribution in [0.2, 0.25) is 0 Å². The molecular formula is C13H15F2NO2. The molecule has 5 heteroatoms. The minimum absolute atomic E-state index is 0.161. The molecule has 3 nitrogen and oxygen atoms in total. The number of nitrogens with zero attached hydrogens (tertiary/aromatic N) is 1. The molecule has 0 aromatic heterocycles. The van der Waals surface area contributed by atoms with Crippen LogP contribution in [-0.2, 0) is 16.1 Å². The Morgan fingerprint density at radius 1 is 1.50 bits per heavy atom. The Balaban J connectivity index is 1.99. The first-order chi connectivity index (χ1) is 8.60. The van der Waals surface area contributed by atoms with Gasteiger partial charge in [-0.15, -0.1) is 0 Å². The van der Waals surface area contributed by atoms with E-state index in [-0.39, 0.29) is 11.9 Å². The Kier molecular flexibility index (Phi) is 3.91. The van der Waals surface area contributed by atoms with Gasteiger partial charge in [0.15, 0.2) is 0 Å². The van der Waals surface area contributed by atoms with E-state index in [0.29, 0.717) is 31.6 Å². The molecule has 98 valence electrons. The summed E-state index contributed by atoms with van der Waals surface area (Å²) in [7, 11) is 1.36. The van der Waals surface area contributed by atoms with Crippen LogP contribution >= 0.6 is 0 Å². The Morgan fingerprint density at radius 2 is 2.28 bits per heavy atom. The maximum Gasteiger partial charge on any atom is 0.310 e. The van der Waals surface area contributed by atoms with Crippen LogP contribution in [-0.4, -0.2) is 31.1 Å². The van der Waals surface area contributed by atoms with Gasteiger partial charge >= 0.3 is 5.97 Å². The summed E-state index contributed by atoms with van der Waals surface area (Å²) in [4.78, 5) is 13.3. The number of hydrogen-bond acceptors (Lipinski definition) is 3. The first-order valence-electron chi connectivity index (χ1n) is 5.84. The van der Waals surface area contributed by atoms with Crippen LogP contribution in [0.15, 0.2) is 18.2 Å². The van der Waals surface area contributed by atoms with E-state index in [0.717, 1.165) is 12.1 Å². The number of ether oxygens (including phenoxy) is 1. The van der Waals surface area contributed by atoms with Crippen LogP contribution in [0.25, 0.3) is 0 Å². The molecule has 0 saturated carbocycles. The van der Waals surface area contributed by atoms with Gasteiger partial charge in [-0.2, -0.15) is 0 Å². The highest BCUT2D eigenvalue weighted by Gasteiger charge is 2.29. The van der Waals surface area contributed by atoms with Gasteiger partial charge < -0.3 is 4.74 Å². The molecular weight excluding hydrogens is 240 g/mol. The second-order valence-corrected chi connectivity index (χ2v) is 4.48. The molecule has 1 unspecified atom stereocenters. The first kappa shape index (κ1) is 13.0. The second-order valence-electron chi connectivity index (χ2n) is 4.48. The third kappa shape index (κ3) is 2.85. The zero-order chi connectivity index (χ0) is 13.1. The van der Waals surface area contributed by atoms with Gasteiger partial charge in [-0.25, -0.2) is 8.78 Å². The third-order valence-corrected chi connectivity index (χ3v) is 3.21. The summed E-state index contributed by atoms with van der Waals surface area (Å²) in [6.45, 7) is 1.54. The van der Waals surface area contributed by atoms with Crippen molar-refractivity contribution in [3.63, 3.8) is 0 Å². The molecule has 1 aromatic rings. The summed E-state index contributed by atoms with van der Waals surface area (Å²) in [5.41, 5.74) is 0.320. The molecule has 0 radical (unpaired) electrons. The fourth-order valence-electron chi connectivity index (χ4n) is 2.24. The van der Waals surface area contributed by atoms with Gasteiger partial charge in [-0.1, -0.05) is 0 Å². The van der Waals surface area contributed by atoms with E-state index in [2.05, 4.69) is 4.74 Å². The maximum absolute atomic E-state index is 13.5. The summed E-state index contributed by atoms with van der Waals surface area (Å²) in [5.74, 6) is -1.27. The number of halogens is 2. The Bertz CT molecular complexity index is 451. The Labute approximate surface area is 104 Å². The topological polar surface area (TPSA) is 29.5 Å². The minimum Gasteiger partial charge on any atom is -0.469 e. The standard InChI is InChI=1S/C13H15F2NO2/c1-18-13(17)9-4-5-16(7-9)8-10-6-11(14)2-3-12(10)15/h2-3,6,9H,4-5,7-8H2,1H3. The Hall–Kier alpha value is -1.49. The number of likely N-dealkylation sites (tertiary alicyclic amines) is 1. The van der Waals surface area contributed by atoms with E-state index in [9.17, 15) is 13.6 Å². The van der Waals surface area contributed by atoms with Crippen molar-refractivity contribution in [2.24, 2.45) is 5.92 Å². The first-order valence-corrected chi connectivity index (χ1v) is 5.84. The molecule has 1 aromatic carbocycles. The van der Waals surface area contributed by atoms with E-state index in [4.69, 9.17) is 0 Å². The molecule has 2 rings (SSSR count). The van der Waals surface area contributed by atoms with Crippen LogP contribution in [0.4, 0.5) is 8.78 Å². The highest BCUT2D eigenvalue weighted by atomic mass is 19.1. The van der Waals surface area contributed by atoms with Crippen LogP contribution in [0.5, 0.6) is 0 Å². The number of carbonyl (C=O) groups is 1. The average Bonchev–Trinajstić information content (AvgIpc) is 2.81. The lowest BCUT2D eigenvalue weighted by Crippen LogP contribution is -2.24. The smallest absolute Gasteiger partial charge is 0.310 e. The zero-order valence-corrected chi connectivity index (χ0v) is 10.2. The van der Waals surface area contributed by atoms with Crippen LogP contribution in [0.3, 0.4) is 0 Å². The third-order valence-electron chi connectivity index (χ3n) is 3.21. The molecule has 1 atom stereocenters.